The van der Waals surface area contributed by atoms with E-state index in [-0.39, 0.29) is 17.3 Å². The van der Waals surface area contributed by atoms with Gasteiger partial charge in [-0.25, -0.2) is 0 Å². The Morgan fingerprint density at radius 3 is 2.80 bits per heavy atom. The number of benzene rings is 1. The first-order chi connectivity index (χ1) is 9.68. The minimum Gasteiger partial charge on any atom is -0.505 e. The van der Waals surface area contributed by atoms with Gasteiger partial charge in [0.2, 0.25) is 0 Å². The quantitative estimate of drug-likeness (QED) is 0.611. The highest BCUT2D eigenvalue weighted by Crippen LogP contribution is 2.37. The van der Waals surface area contributed by atoms with Crippen molar-refractivity contribution in [1.82, 2.24) is 4.90 Å². The number of fused-ring (bicyclic) bond motifs is 1. The number of anilines is 1. The van der Waals surface area contributed by atoms with Crippen LogP contribution in [-0.2, 0) is 0 Å². The lowest BCUT2D eigenvalue weighted by Crippen LogP contribution is -2.49. The molecule has 4 nitrogen and oxygen atoms in total. The van der Waals surface area contributed by atoms with Gasteiger partial charge in [-0.3, -0.25) is 4.79 Å². The fraction of sp³-hybridized carbons (Fsp3) is 0.562. The van der Waals surface area contributed by atoms with E-state index >= 15 is 0 Å². The van der Waals surface area contributed by atoms with E-state index in [0.29, 0.717) is 17.5 Å². The molecule has 0 radical (unpaired) electrons. The van der Waals surface area contributed by atoms with Crippen LogP contribution in [0.4, 0.5) is 5.69 Å². The lowest BCUT2D eigenvalue weighted by molar-refractivity contribution is 0.0388. The molecule has 1 aliphatic heterocycles. The number of para-hydroxylation sites is 1. The van der Waals surface area contributed by atoms with Gasteiger partial charge in [-0.05, 0) is 43.7 Å². The first-order valence-corrected chi connectivity index (χ1v) is 7.57. The highest BCUT2D eigenvalue weighted by Gasteiger charge is 2.36. The minimum absolute atomic E-state index is 0.0635. The van der Waals surface area contributed by atoms with Crippen molar-refractivity contribution in [3.8, 4) is 5.75 Å². The molecule has 2 aliphatic rings. The summed E-state index contributed by atoms with van der Waals surface area (Å²) < 4.78 is 0. The van der Waals surface area contributed by atoms with Crippen molar-refractivity contribution < 1.29 is 9.90 Å². The Hall–Kier alpha value is -1.71. The Labute approximate surface area is 119 Å². The topological polar surface area (TPSA) is 66.6 Å². The Kier molecular flexibility index (Phi) is 3.55. The van der Waals surface area contributed by atoms with E-state index in [4.69, 9.17) is 5.73 Å². The number of nitrogens with two attached hydrogens (primary N) is 1. The number of amides is 1. The van der Waals surface area contributed by atoms with E-state index in [0.717, 1.165) is 19.4 Å². The van der Waals surface area contributed by atoms with E-state index in [1.54, 1.807) is 18.2 Å². The van der Waals surface area contributed by atoms with Crippen LogP contribution in [0.3, 0.4) is 0 Å². The van der Waals surface area contributed by atoms with Crippen molar-refractivity contribution in [3.05, 3.63) is 23.8 Å². The third-order valence-corrected chi connectivity index (χ3v) is 4.80. The maximum atomic E-state index is 12.7. The van der Waals surface area contributed by atoms with Crippen molar-refractivity contribution in [2.75, 3.05) is 12.3 Å². The van der Waals surface area contributed by atoms with Crippen molar-refractivity contribution in [3.63, 3.8) is 0 Å². The second-order valence-electron chi connectivity index (χ2n) is 6.00. The zero-order chi connectivity index (χ0) is 14.1. The average molecular weight is 274 g/mol. The highest BCUT2D eigenvalue weighted by molar-refractivity contribution is 5.98. The molecule has 1 aliphatic carbocycles. The molecular weight excluding hydrogens is 252 g/mol. The number of hydrogen-bond acceptors (Lipinski definition) is 3. The molecule has 1 aromatic rings. The number of carbonyl (C=O) groups excluding carboxylic acids is 1. The number of carbonyl (C=O) groups is 1. The molecule has 0 aromatic heterocycles. The second-order valence-corrected chi connectivity index (χ2v) is 6.00. The largest absolute Gasteiger partial charge is 0.505 e. The van der Waals surface area contributed by atoms with E-state index < -0.39 is 0 Å². The average Bonchev–Trinajstić information content (AvgIpc) is 2.49. The normalized spacial score (nSPS) is 26.1. The number of phenols is 1. The summed E-state index contributed by atoms with van der Waals surface area (Å²) in [6, 6.07) is 5.36. The van der Waals surface area contributed by atoms with Gasteiger partial charge in [-0.15, -0.1) is 0 Å². The Balaban J connectivity index is 1.87. The van der Waals surface area contributed by atoms with Crippen LogP contribution in [0.2, 0.25) is 0 Å². The maximum Gasteiger partial charge on any atom is 0.257 e. The molecule has 108 valence electrons. The molecule has 1 saturated heterocycles. The van der Waals surface area contributed by atoms with Crippen LogP contribution >= 0.6 is 0 Å². The van der Waals surface area contributed by atoms with Crippen LogP contribution in [0.5, 0.6) is 5.75 Å². The number of aromatic hydroxyl groups is 1. The monoisotopic (exact) mass is 274 g/mol. The van der Waals surface area contributed by atoms with E-state index in [1.165, 1.54) is 25.7 Å². The van der Waals surface area contributed by atoms with Crippen LogP contribution in [-0.4, -0.2) is 28.5 Å². The van der Waals surface area contributed by atoms with Gasteiger partial charge in [-0.1, -0.05) is 18.9 Å². The number of likely N-dealkylation sites (tertiary alicyclic amines) is 1. The van der Waals surface area contributed by atoms with Crippen molar-refractivity contribution in [2.24, 2.45) is 5.92 Å². The number of piperidine rings is 1. The number of rotatable bonds is 1. The smallest absolute Gasteiger partial charge is 0.257 e. The molecule has 1 amide bonds. The van der Waals surface area contributed by atoms with Gasteiger partial charge in [0, 0.05) is 12.6 Å². The molecule has 0 bridgehead atoms. The molecule has 1 heterocycles. The number of phenolic OH excluding ortho intramolecular Hbond substituents is 1. The van der Waals surface area contributed by atoms with Gasteiger partial charge < -0.3 is 15.7 Å². The van der Waals surface area contributed by atoms with E-state index in [1.807, 2.05) is 4.90 Å². The fourth-order valence-electron chi connectivity index (χ4n) is 3.77. The Morgan fingerprint density at radius 1 is 1.20 bits per heavy atom. The van der Waals surface area contributed by atoms with E-state index in [2.05, 4.69) is 0 Å². The van der Waals surface area contributed by atoms with Gasteiger partial charge in [0.15, 0.2) is 5.75 Å². The predicted octanol–water partition coefficient (Wildman–Crippen LogP) is 2.77. The lowest BCUT2D eigenvalue weighted by Gasteiger charge is -2.44. The predicted molar refractivity (Wildman–Crippen MR) is 78.5 cm³/mol. The molecule has 2 atom stereocenters. The number of nitrogen functional groups attached to an aromatic ring is 1. The second kappa shape index (κ2) is 5.35. The zero-order valence-corrected chi connectivity index (χ0v) is 11.7. The van der Waals surface area contributed by atoms with Gasteiger partial charge in [0.1, 0.15) is 0 Å². The molecular formula is C16H22N2O2. The summed E-state index contributed by atoms with van der Waals surface area (Å²) in [4.78, 5) is 14.7. The van der Waals surface area contributed by atoms with Gasteiger partial charge in [-0.2, -0.15) is 0 Å². The summed E-state index contributed by atoms with van der Waals surface area (Å²) in [6.07, 6.45) is 7.12. The van der Waals surface area contributed by atoms with Crippen LogP contribution in [0.25, 0.3) is 0 Å². The zero-order valence-electron chi connectivity index (χ0n) is 11.7. The first kappa shape index (κ1) is 13.3. The third kappa shape index (κ3) is 2.23. The van der Waals surface area contributed by atoms with Crippen molar-refractivity contribution in [2.45, 2.75) is 44.6 Å². The van der Waals surface area contributed by atoms with Crippen molar-refractivity contribution >= 4 is 11.6 Å². The molecule has 4 heteroatoms. The number of hydrogen-bond donors (Lipinski definition) is 2. The molecule has 3 N–H and O–H groups in total. The summed E-state index contributed by atoms with van der Waals surface area (Å²) in [5, 5.41) is 10.0. The fourth-order valence-corrected chi connectivity index (χ4v) is 3.77. The standard InChI is InChI=1S/C16H22N2O2/c17-13-8-3-7-12(15(13)19)16(20)18-10-4-6-11-5-1-2-9-14(11)18/h3,7-8,11,14,19H,1-2,4-6,9-10,17H2/t11-,14-/m1/s1. The number of nitrogens with zero attached hydrogens (tertiary/aromatic N) is 1. The highest BCUT2D eigenvalue weighted by atomic mass is 16.3. The summed E-state index contributed by atoms with van der Waals surface area (Å²) in [5.41, 5.74) is 6.31. The van der Waals surface area contributed by atoms with Crippen LogP contribution in [0, 0.1) is 5.92 Å². The molecule has 0 unspecified atom stereocenters. The molecule has 2 fully saturated rings. The van der Waals surface area contributed by atoms with Crippen LogP contribution < -0.4 is 5.73 Å². The summed E-state index contributed by atoms with van der Waals surface area (Å²) in [5.74, 6) is 0.506. The van der Waals surface area contributed by atoms with Gasteiger partial charge >= 0.3 is 0 Å². The lowest BCUT2D eigenvalue weighted by atomic mass is 9.78. The Bertz CT molecular complexity index is 513. The van der Waals surface area contributed by atoms with Gasteiger partial charge in [0.05, 0.1) is 11.3 Å². The minimum atomic E-state index is -0.0737. The molecule has 20 heavy (non-hydrogen) atoms. The summed E-state index contributed by atoms with van der Waals surface area (Å²) in [6.45, 7) is 0.800. The molecule has 0 spiro atoms. The molecule has 3 rings (SSSR count). The summed E-state index contributed by atoms with van der Waals surface area (Å²) in [7, 11) is 0. The van der Waals surface area contributed by atoms with E-state index in [9.17, 15) is 9.90 Å². The molecule has 1 aromatic carbocycles. The maximum absolute atomic E-state index is 12.7. The summed E-state index contributed by atoms with van der Waals surface area (Å²) >= 11 is 0. The SMILES string of the molecule is Nc1cccc(C(=O)N2CCC[C@H]3CCCC[C@H]32)c1O. The van der Waals surface area contributed by atoms with Crippen molar-refractivity contribution in [1.29, 1.82) is 0 Å². The van der Waals surface area contributed by atoms with Gasteiger partial charge in [0.25, 0.3) is 5.91 Å². The Morgan fingerprint density at radius 2 is 1.95 bits per heavy atom. The first-order valence-electron chi connectivity index (χ1n) is 7.57. The third-order valence-electron chi connectivity index (χ3n) is 4.80. The van der Waals surface area contributed by atoms with Crippen LogP contribution in [0.15, 0.2) is 18.2 Å². The van der Waals surface area contributed by atoms with Crippen LogP contribution in [0.1, 0.15) is 48.9 Å². The molecule has 1 saturated carbocycles.